The molecule has 114 valence electrons. The number of halogens is 2. The average Bonchev–Trinajstić information content (AvgIpc) is 3.09. The number of amides is 1. The van der Waals surface area contributed by atoms with E-state index in [0.717, 1.165) is 6.42 Å². The van der Waals surface area contributed by atoms with Crippen molar-refractivity contribution in [3.05, 3.63) is 35.4 Å². The zero-order valence-electron chi connectivity index (χ0n) is 11.7. The first-order chi connectivity index (χ1) is 10.0. The summed E-state index contributed by atoms with van der Waals surface area (Å²) in [6, 6.07) is 3.85. The molecular weight excluding hydrogens is 276 g/mol. The molecule has 2 saturated carbocycles. The number of hydrogen-bond donors (Lipinski definition) is 2. The molecule has 0 bridgehead atoms. The first kappa shape index (κ1) is 14.4. The third-order valence-electron chi connectivity index (χ3n) is 4.76. The highest BCUT2D eigenvalue weighted by atomic mass is 19.1. The lowest BCUT2D eigenvalue weighted by atomic mass is 9.94. The second-order valence-electron chi connectivity index (χ2n) is 6.20. The summed E-state index contributed by atoms with van der Waals surface area (Å²) in [7, 11) is 0. The van der Waals surface area contributed by atoms with Gasteiger partial charge in [-0.15, -0.1) is 0 Å². The molecule has 0 heterocycles. The zero-order valence-corrected chi connectivity index (χ0v) is 11.7. The minimum atomic E-state index is -0.616. The Morgan fingerprint density at radius 3 is 2.48 bits per heavy atom. The summed E-state index contributed by atoms with van der Waals surface area (Å²) in [6.45, 7) is 0.229. The largest absolute Gasteiger partial charge is 0.392 e. The summed E-state index contributed by atoms with van der Waals surface area (Å²) in [5.41, 5.74) is -0.536. The second kappa shape index (κ2) is 5.37. The van der Waals surface area contributed by atoms with E-state index in [1.165, 1.54) is 18.2 Å². The van der Waals surface area contributed by atoms with Gasteiger partial charge < -0.3 is 10.4 Å². The van der Waals surface area contributed by atoms with Crippen LogP contribution >= 0.6 is 0 Å². The molecule has 3 nitrogen and oxygen atoms in total. The molecule has 2 fully saturated rings. The van der Waals surface area contributed by atoms with Crippen LogP contribution < -0.4 is 5.32 Å². The van der Waals surface area contributed by atoms with Gasteiger partial charge in [-0.2, -0.15) is 0 Å². The van der Waals surface area contributed by atoms with Crippen LogP contribution in [-0.2, 0) is 10.2 Å². The van der Waals surface area contributed by atoms with Gasteiger partial charge in [0.05, 0.1) is 12.0 Å². The molecule has 1 aromatic carbocycles. The third-order valence-corrected chi connectivity index (χ3v) is 4.76. The first-order valence-electron chi connectivity index (χ1n) is 7.44. The Hall–Kier alpha value is -1.49. The van der Waals surface area contributed by atoms with E-state index in [4.69, 9.17) is 0 Å². The van der Waals surface area contributed by atoms with Gasteiger partial charge in [-0.25, -0.2) is 8.78 Å². The molecule has 1 aromatic rings. The highest BCUT2D eigenvalue weighted by molar-refractivity contribution is 5.79. The maximum atomic E-state index is 13.9. The number of nitrogens with one attached hydrogen (secondary N) is 1. The van der Waals surface area contributed by atoms with Crippen LogP contribution in [0.2, 0.25) is 0 Å². The normalized spacial score (nSPS) is 26.6. The Morgan fingerprint density at radius 1 is 1.29 bits per heavy atom. The molecule has 2 atom stereocenters. The van der Waals surface area contributed by atoms with Gasteiger partial charge in [0.2, 0.25) is 5.91 Å². The van der Waals surface area contributed by atoms with Crippen molar-refractivity contribution < 1.29 is 18.7 Å². The quantitative estimate of drug-likeness (QED) is 0.895. The van der Waals surface area contributed by atoms with Crippen LogP contribution in [0, 0.1) is 17.6 Å². The second-order valence-corrected chi connectivity index (χ2v) is 6.20. The SMILES string of the molecule is O=C(NCC1(c2c(F)cccc2F)CC1)C1CCCC1O. The van der Waals surface area contributed by atoms with E-state index in [1.54, 1.807) is 0 Å². The van der Waals surface area contributed by atoms with Crippen molar-refractivity contribution in [1.29, 1.82) is 0 Å². The molecule has 2 N–H and O–H groups in total. The van der Waals surface area contributed by atoms with Crippen molar-refractivity contribution in [2.45, 2.75) is 43.6 Å². The van der Waals surface area contributed by atoms with Crippen molar-refractivity contribution in [3.8, 4) is 0 Å². The van der Waals surface area contributed by atoms with Crippen LogP contribution in [0.25, 0.3) is 0 Å². The van der Waals surface area contributed by atoms with E-state index >= 15 is 0 Å². The molecule has 2 aliphatic rings. The fraction of sp³-hybridized carbons (Fsp3) is 0.562. The fourth-order valence-corrected chi connectivity index (χ4v) is 3.30. The van der Waals surface area contributed by atoms with E-state index in [1.807, 2.05) is 0 Å². The first-order valence-corrected chi connectivity index (χ1v) is 7.44. The summed E-state index contributed by atoms with van der Waals surface area (Å²) in [5, 5.41) is 12.5. The van der Waals surface area contributed by atoms with Crippen molar-refractivity contribution >= 4 is 5.91 Å². The summed E-state index contributed by atoms with van der Waals surface area (Å²) in [5.74, 6) is -1.69. The Bertz CT molecular complexity index is 537. The molecule has 0 aromatic heterocycles. The van der Waals surface area contributed by atoms with Gasteiger partial charge in [-0.1, -0.05) is 6.07 Å². The number of carbonyl (C=O) groups excluding carboxylic acids is 1. The van der Waals surface area contributed by atoms with Gasteiger partial charge in [0.15, 0.2) is 0 Å². The molecule has 0 saturated heterocycles. The lowest BCUT2D eigenvalue weighted by Crippen LogP contribution is -2.39. The van der Waals surface area contributed by atoms with Crippen LogP contribution in [0.1, 0.15) is 37.7 Å². The van der Waals surface area contributed by atoms with E-state index in [-0.39, 0.29) is 23.9 Å². The topological polar surface area (TPSA) is 49.3 Å². The molecule has 3 rings (SSSR count). The van der Waals surface area contributed by atoms with Crippen LogP contribution in [0.5, 0.6) is 0 Å². The molecule has 1 amide bonds. The highest BCUT2D eigenvalue weighted by Crippen LogP contribution is 2.49. The van der Waals surface area contributed by atoms with E-state index < -0.39 is 23.2 Å². The van der Waals surface area contributed by atoms with Gasteiger partial charge in [-0.3, -0.25) is 4.79 Å². The number of aliphatic hydroxyl groups excluding tert-OH is 1. The predicted octanol–water partition coefficient (Wildman–Crippen LogP) is 2.27. The van der Waals surface area contributed by atoms with Crippen molar-refractivity contribution in [2.24, 2.45) is 5.92 Å². The van der Waals surface area contributed by atoms with Crippen molar-refractivity contribution in [2.75, 3.05) is 6.54 Å². The van der Waals surface area contributed by atoms with Crippen LogP contribution in [0.4, 0.5) is 8.78 Å². The zero-order chi connectivity index (χ0) is 15.0. The number of carbonyl (C=O) groups is 1. The minimum Gasteiger partial charge on any atom is -0.392 e. The van der Waals surface area contributed by atoms with E-state index in [9.17, 15) is 18.7 Å². The maximum absolute atomic E-state index is 13.9. The molecule has 0 radical (unpaired) electrons. The van der Waals surface area contributed by atoms with Gasteiger partial charge in [0.25, 0.3) is 0 Å². The predicted molar refractivity (Wildman–Crippen MR) is 73.6 cm³/mol. The van der Waals surface area contributed by atoms with Gasteiger partial charge in [-0.05, 0) is 44.2 Å². The van der Waals surface area contributed by atoms with Crippen LogP contribution in [0.3, 0.4) is 0 Å². The number of benzene rings is 1. The van der Waals surface area contributed by atoms with Gasteiger partial charge in [0, 0.05) is 17.5 Å². The number of rotatable bonds is 4. The molecule has 0 spiro atoms. The fourth-order valence-electron chi connectivity index (χ4n) is 3.30. The molecular formula is C16H19F2NO2. The molecule has 2 unspecified atom stereocenters. The maximum Gasteiger partial charge on any atom is 0.225 e. The average molecular weight is 295 g/mol. The standard InChI is InChI=1S/C16H19F2NO2/c17-11-4-2-5-12(18)14(11)16(7-8-16)9-19-15(21)10-3-1-6-13(10)20/h2,4-5,10,13,20H,1,3,6-9H2,(H,19,21). The third kappa shape index (κ3) is 2.67. The van der Waals surface area contributed by atoms with Crippen LogP contribution in [0.15, 0.2) is 18.2 Å². The number of aliphatic hydroxyl groups is 1. The lowest BCUT2D eigenvalue weighted by Gasteiger charge is -2.20. The molecule has 0 aliphatic heterocycles. The Morgan fingerprint density at radius 2 is 1.95 bits per heavy atom. The summed E-state index contributed by atoms with van der Waals surface area (Å²) >= 11 is 0. The smallest absolute Gasteiger partial charge is 0.225 e. The Labute approximate surface area is 122 Å². The minimum absolute atomic E-state index is 0.0808. The number of hydrogen-bond acceptors (Lipinski definition) is 2. The molecule has 5 heteroatoms. The monoisotopic (exact) mass is 295 g/mol. The van der Waals surface area contributed by atoms with Gasteiger partial charge >= 0.3 is 0 Å². The van der Waals surface area contributed by atoms with E-state index in [0.29, 0.717) is 25.7 Å². The lowest BCUT2D eigenvalue weighted by molar-refractivity contribution is -0.127. The van der Waals surface area contributed by atoms with Crippen molar-refractivity contribution in [3.63, 3.8) is 0 Å². The Kier molecular flexibility index (Phi) is 3.69. The molecule has 21 heavy (non-hydrogen) atoms. The Balaban J connectivity index is 1.69. The molecule has 2 aliphatic carbocycles. The highest BCUT2D eigenvalue weighted by Gasteiger charge is 2.48. The summed E-state index contributed by atoms with van der Waals surface area (Å²) in [4.78, 5) is 12.1. The van der Waals surface area contributed by atoms with Crippen LogP contribution in [-0.4, -0.2) is 23.7 Å². The summed E-state index contributed by atoms with van der Waals surface area (Å²) < 4.78 is 27.8. The van der Waals surface area contributed by atoms with Crippen molar-refractivity contribution in [1.82, 2.24) is 5.32 Å². The summed E-state index contributed by atoms with van der Waals surface area (Å²) in [6.07, 6.45) is 2.90. The van der Waals surface area contributed by atoms with E-state index in [2.05, 4.69) is 5.32 Å². The van der Waals surface area contributed by atoms with Gasteiger partial charge in [0.1, 0.15) is 11.6 Å².